The average Bonchev–Trinajstić information content (AvgIpc) is 3.38. The van der Waals surface area contributed by atoms with E-state index in [1.807, 2.05) is 0 Å². The van der Waals surface area contributed by atoms with Crippen LogP contribution in [-0.4, -0.2) is 35.1 Å². The van der Waals surface area contributed by atoms with E-state index in [9.17, 15) is 22.8 Å². The van der Waals surface area contributed by atoms with Crippen LogP contribution in [0.2, 0.25) is 0 Å². The van der Waals surface area contributed by atoms with Crippen molar-refractivity contribution in [3.05, 3.63) is 29.8 Å². The van der Waals surface area contributed by atoms with E-state index in [2.05, 4.69) is 5.32 Å². The third kappa shape index (κ3) is 5.45. The van der Waals surface area contributed by atoms with Gasteiger partial charge >= 0.3 is 18.0 Å². The van der Waals surface area contributed by atoms with Gasteiger partial charge in [0.1, 0.15) is 0 Å². The molecule has 0 aromatic heterocycles. The van der Waals surface area contributed by atoms with Gasteiger partial charge in [-0.25, -0.2) is 0 Å². The molecule has 1 aromatic carbocycles. The third-order valence-electron chi connectivity index (χ3n) is 4.76. The van der Waals surface area contributed by atoms with Crippen molar-refractivity contribution >= 4 is 17.5 Å². The Morgan fingerprint density at radius 3 is 2.44 bits per heavy atom. The molecular formula is C19H25F3N2O3. The van der Waals surface area contributed by atoms with Crippen LogP contribution in [0, 0.1) is 5.92 Å². The number of carbonyl (C=O) groups excluding carboxylic acids is 2. The van der Waals surface area contributed by atoms with E-state index in [0.717, 1.165) is 29.9 Å². The highest BCUT2D eigenvalue weighted by molar-refractivity contribution is 6.40. The lowest BCUT2D eigenvalue weighted by Gasteiger charge is -2.31. The summed E-state index contributed by atoms with van der Waals surface area (Å²) in [4.78, 5) is 26.5. The zero-order chi connectivity index (χ0) is 20.4. The SMILES string of the molecule is CC(C1CC1)N(C(=O)C(=O)NC(C)(C)CCO)c1cccc(C(F)(F)F)c1. The highest BCUT2D eigenvalue weighted by Crippen LogP contribution is 2.38. The minimum Gasteiger partial charge on any atom is -0.396 e. The fraction of sp³-hybridized carbons (Fsp3) is 0.579. The Kier molecular flexibility index (Phi) is 6.19. The first-order chi connectivity index (χ1) is 12.5. The van der Waals surface area contributed by atoms with Gasteiger partial charge in [0.25, 0.3) is 0 Å². The molecule has 1 aliphatic carbocycles. The molecule has 0 saturated heterocycles. The summed E-state index contributed by atoms with van der Waals surface area (Å²) in [5.41, 5.74) is -1.64. The molecule has 5 nitrogen and oxygen atoms in total. The maximum Gasteiger partial charge on any atom is 0.416 e. The van der Waals surface area contributed by atoms with E-state index in [0.29, 0.717) is 0 Å². The first-order valence-electron chi connectivity index (χ1n) is 8.90. The lowest BCUT2D eigenvalue weighted by molar-refractivity contribution is -0.139. The first-order valence-corrected chi connectivity index (χ1v) is 8.90. The zero-order valence-electron chi connectivity index (χ0n) is 15.6. The van der Waals surface area contributed by atoms with E-state index >= 15 is 0 Å². The van der Waals surface area contributed by atoms with E-state index < -0.39 is 35.1 Å². The van der Waals surface area contributed by atoms with Crippen LogP contribution in [-0.2, 0) is 15.8 Å². The van der Waals surface area contributed by atoms with E-state index in [4.69, 9.17) is 5.11 Å². The standard InChI is InChI=1S/C19H25F3N2O3/c1-12(13-7-8-13)24(15-6-4-5-14(11-15)19(20,21)22)17(27)16(26)23-18(2,3)9-10-25/h4-6,11-13,25H,7-10H2,1-3H3,(H,23,26). The molecule has 27 heavy (non-hydrogen) atoms. The molecular weight excluding hydrogens is 361 g/mol. The van der Waals surface area contributed by atoms with Gasteiger partial charge in [0.15, 0.2) is 0 Å². The predicted octanol–water partition coefficient (Wildman–Crippen LogP) is 3.11. The molecule has 1 aromatic rings. The van der Waals surface area contributed by atoms with Crippen molar-refractivity contribution in [2.24, 2.45) is 5.92 Å². The van der Waals surface area contributed by atoms with Crippen LogP contribution >= 0.6 is 0 Å². The monoisotopic (exact) mass is 386 g/mol. The van der Waals surface area contributed by atoms with Crippen LogP contribution < -0.4 is 10.2 Å². The number of aliphatic hydroxyl groups is 1. The molecule has 8 heteroatoms. The van der Waals surface area contributed by atoms with Gasteiger partial charge in [-0.15, -0.1) is 0 Å². The topological polar surface area (TPSA) is 69.6 Å². The summed E-state index contributed by atoms with van der Waals surface area (Å²) in [6.07, 6.45) is -2.57. The molecule has 1 atom stereocenters. The number of hydrogen-bond acceptors (Lipinski definition) is 3. The molecule has 0 radical (unpaired) electrons. The van der Waals surface area contributed by atoms with Crippen LogP contribution in [0.15, 0.2) is 24.3 Å². The quantitative estimate of drug-likeness (QED) is 0.738. The normalized spacial score (nSPS) is 16.0. The Balaban J connectivity index is 2.32. The Bertz CT molecular complexity index is 700. The van der Waals surface area contributed by atoms with Crippen molar-refractivity contribution in [1.29, 1.82) is 0 Å². The zero-order valence-corrected chi connectivity index (χ0v) is 15.6. The van der Waals surface area contributed by atoms with Crippen LogP contribution in [0.5, 0.6) is 0 Å². The molecule has 0 heterocycles. The van der Waals surface area contributed by atoms with Gasteiger partial charge < -0.3 is 15.3 Å². The Labute approximate surface area is 156 Å². The number of benzene rings is 1. The predicted molar refractivity (Wildman–Crippen MR) is 95.0 cm³/mol. The van der Waals surface area contributed by atoms with Gasteiger partial charge in [0, 0.05) is 23.9 Å². The summed E-state index contributed by atoms with van der Waals surface area (Å²) >= 11 is 0. The molecule has 2 amide bonds. The van der Waals surface area contributed by atoms with Gasteiger partial charge in [-0.1, -0.05) is 6.07 Å². The number of carbonyl (C=O) groups is 2. The van der Waals surface area contributed by atoms with Crippen LogP contribution in [0.3, 0.4) is 0 Å². The number of hydrogen-bond donors (Lipinski definition) is 2. The maximum absolute atomic E-state index is 13.1. The second-order valence-electron chi connectivity index (χ2n) is 7.61. The summed E-state index contributed by atoms with van der Waals surface area (Å²) in [5.74, 6) is -1.65. The fourth-order valence-electron chi connectivity index (χ4n) is 2.97. The number of anilines is 1. The number of nitrogens with one attached hydrogen (secondary N) is 1. The molecule has 1 fully saturated rings. The van der Waals surface area contributed by atoms with Crippen LogP contribution in [0.25, 0.3) is 0 Å². The number of nitrogens with zero attached hydrogens (tertiary/aromatic N) is 1. The summed E-state index contributed by atoms with van der Waals surface area (Å²) in [6.45, 7) is 4.89. The van der Waals surface area contributed by atoms with Crippen molar-refractivity contribution in [3.63, 3.8) is 0 Å². The molecule has 1 aliphatic rings. The summed E-state index contributed by atoms with van der Waals surface area (Å²) < 4.78 is 39.2. The molecule has 1 unspecified atom stereocenters. The Morgan fingerprint density at radius 1 is 1.30 bits per heavy atom. The van der Waals surface area contributed by atoms with E-state index in [-0.39, 0.29) is 24.6 Å². The summed E-state index contributed by atoms with van der Waals surface area (Å²) in [7, 11) is 0. The number of alkyl halides is 3. The molecule has 0 spiro atoms. The fourth-order valence-corrected chi connectivity index (χ4v) is 2.97. The smallest absolute Gasteiger partial charge is 0.396 e. The van der Waals surface area contributed by atoms with Crippen LogP contribution in [0.4, 0.5) is 18.9 Å². The highest BCUT2D eigenvalue weighted by Gasteiger charge is 2.39. The minimum absolute atomic E-state index is 0.0457. The molecule has 2 rings (SSSR count). The van der Waals surface area contributed by atoms with Crippen molar-refractivity contribution in [3.8, 4) is 0 Å². The molecule has 1 saturated carbocycles. The number of amides is 2. The van der Waals surface area contributed by atoms with Gasteiger partial charge in [-0.2, -0.15) is 13.2 Å². The van der Waals surface area contributed by atoms with Crippen LogP contribution in [0.1, 0.15) is 45.6 Å². The van der Waals surface area contributed by atoms with E-state index in [1.54, 1.807) is 20.8 Å². The maximum atomic E-state index is 13.1. The van der Waals surface area contributed by atoms with Gasteiger partial charge in [-0.05, 0) is 64.2 Å². The average molecular weight is 386 g/mol. The van der Waals surface area contributed by atoms with Crippen molar-refractivity contribution in [1.82, 2.24) is 5.32 Å². The van der Waals surface area contributed by atoms with Gasteiger partial charge in [0.2, 0.25) is 0 Å². The highest BCUT2D eigenvalue weighted by atomic mass is 19.4. The van der Waals surface area contributed by atoms with Gasteiger partial charge in [0.05, 0.1) is 5.56 Å². The lowest BCUT2D eigenvalue weighted by Crippen LogP contribution is -2.53. The first kappa shape index (κ1) is 21.2. The Hall–Kier alpha value is -2.09. The summed E-state index contributed by atoms with van der Waals surface area (Å²) in [5, 5.41) is 11.6. The second-order valence-corrected chi connectivity index (χ2v) is 7.61. The number of rotatable bonds is 6. The van der Waals surface area contributed by atoms with Crippen molar-refractivity contribution < 1.29 is 27.9 Å². The lowest BCUT2D eigenvalue weighted by atomic mass is 10.0. The van der Waals surface area contributed by atoms with Gasteiger partial charge in [-0.3, -0.25) is 9.59 Å². The van der Waals surface area contributed by atoms with E-state index in [1.165, 1.54) is 12.1 Å². The van der Waals surface area contributed by atoms with Crippen molar-refractivity contribution in [2.45, 2.75) is 57.8 Å². The molecule has 150 valence electrons. The second kappa shape index (κ2) is 7.88. The number of halogens is 3. The largest absolute Gasteiger partial charge is 0.416 e. The minimum atomic E-state index is -4.54. The third-order valence-corrected chi connectivity index (χ3v) is 4.76. The molecule has 0 aliphatic heterocycles. The molecule has 0 bridgehead atoms. The summed E-state index contributed by atoms with van der Waals surface area (Å²) in [6, 6.07) is 4.05. The Morgan fingerprint density at radius 2 is 1.93 bits per heavy atom. The molecule has 2 N–H and O–H groups in total. The van der Waals surface area contributed by atoms with Crippen molar-refractivity contribution in [2.75, 3.05) is 11.5 Å². The number of aliphatic hydroxyl groups excluding tert-OH is 1.